The molecule has 2 heterocycles. The van der Waals surface area contributed by atoms with Crippen molar-refractivity contribution in [3.05, 3.63) is 29.6 Å². The van der Waals surface area contributed by atoms with Crippen LogP contribution < -0.4 is 0 Å². The Hall–Kier alpha value is -0.930. The molecule has 1 aliphatic rings. The molecule has 1 aromatic rings. The van der Waals surface area contributed by atoms with Crippen molar-refractivity contribution in [2.24, 2.45) is 0 Å². The topological polar surface area (TPSA) is 36.4 Å². The SMILES string of the molecule is Cc1ncccc1CN1CCCCC1CCO. The molecule has 1 saturated heterocycles. The maximum atomic E-state index is 9.12. The van der Waals surface area contributed by atoms with Crippen LogP contribution in [0.15, 0.2) is 18.3 Å². The Morgan fingerprint density at radius 2 is 2.35 bits per heavy atom. The summed E-state index contributed by atoms with van der Waals surface area (Å²) in [5.41, 5.74) is 2.44. The third-order valence-electron chi connectivity index (χ3n) is 3.70. The fourth-order valence-electron chi connectivity index (χ4n) is 2.65. The van der Waals surface area contributed by atoms with Crippen LogP contribution in [-0.4, -0.2) is 34.2 Å². The summed E-state index contributed by atoms with van der Waals surface area (Å²) >= 11 is 0. The predicted molar refractivity (Wildman–Crippen MR) is 68.7 cm³/mol. The van der Waals surface area contributed by atoms with Gasteiger partial charge in [-0.3, -0.25) is 9.88 Å². The van der Waals surface area contributed by atoms with E-state index in [1.54, 1.807) is 0 Å². The van der Waals surface area contributed by atoms with Crippen LogP contribution >= 0.6 is 0 Å². The van der Waals surface area contributed by atoms with Crippen LogP contribution in [0.1, 0.15) is 36.9 Å². The smallest absolute Gasteiger partial charge is 0.0445 e. The highest BCUT2D eigenvalue weighted by atomic mass is 16.3. The first-order valence-corrected chi connectivity index (χ1v) is 6.56. The molecular weight excluding hydrogens is 212 g/mol. The van der Waals surface area contributed by atoms with Crippen molar-refractivity contribution in [1.82, 2.24) is 9.88 Å². The normalized spacial score (nSPS) is 21.6. The first-order chi connectivity index (χ1) is 8.31. The summed E-state index contributed by atoms with van der Waals surface area (Å²) in [6, 6.07) is 4.72. The lowest BCUT2D eigenvalue weighted by Gasteiger charge is -2.35. The molecule has 94 valence electrons. The molecule has 3 heteroatoms. The average molecular weight is 234 g/mol. The van der Waals surface area contributed by atoms with Gasteiger partial charge in [-0.1, -0.05) is 12.5 Å². The molecule has 0 radical (unpaired) electrons. The molecule has 2 rings (SSSR count). The van der Waals surface area contributed by atoms with E-state index >= 15 is 0 Å². The summed E-state index contributed by atoms with van der Waals surface area (Å²) in [6.07, 6.45) is 6.55. The average Bonchev–Trinajstić information content (AvgIpc) is 2.35. The second kappa shape index (κ2) is 6.12. The zero-order valence-electron chi connectivity index (χ0n) is 10.6. The van der Waals surface area contributed by atoms with Gasteiger partial charge in [-0.15, -0.1) is 0 Å². The monoisotopic (exact) mass is 234 g/mol. The van der Waals surface area contributed by atoms with Crippen LogP contribution in [0.2, 0.25) is 0 Å². The van der Waals surface area contributed by atoms with Crippen LogP contribution in [0.5, 0.6) is 0 Å². The number of pyridine rings is 1. The van der Waals surface area contributed by atoms with Crippen molar-refractivity contribution in [1.29, 1.82) is 0 Å². The highest BCUT2D eigenvalue weighted by Crippen LogP contribution is 2.22. The Kier molecular flexibility index (Phi) is 4.51. The van der Waals surface area contributed by atoms with Gasteiger partial charge in [0.1, 0.15) is 0 Å². The quantitative estimate of drug-likeness (QED) is 0.867. The minimum atomic E-state index is 0.299. The van der Waals surface area contributed by atoms with E-state index in [0.29, 0.717) is 12.6 Å². The number of nitrogens with zero attached hydrogens (tertiary/aromatic N) is 2. The maximum absolute atomic E-state index is 9.12. The lowest BCUT2D eigenvalue weighted by Crippen LogP contribution is -2.39. The van der Waals surface area contributed by atoms with E-state index in [-0.39, 0.29) is 0 Å². The number of aryl methyl sites for hydroxylation is 1. The van der Waals surface area contributed by atoms with E-state index in [4.69, 9.17) is 5.11 Å². The number of aromatic nitrogens is 1. The number of aliphatic hydroxyl groups excluding tert-OH is 1. The molecule has 0 bridgehead atoms. The van der Waals surface area contributed by atoms with Crippen LogP contribution in [-0.2, 0) is 6.54 Å². The summed E-state index contributed by atoms with van der Waals surface area (Å²) in [7, 11) is 0. The number of hydrogen-bond donors (Lipinski definition) is 1. The summed E-state index contributed by atoms with van der Waals surface area (Å²) in [5, 5.41) is 9.12. The van der Waals surface area contributed by atoms with E-state index in [9.17, 15) is 0 Å². The minimum Gasteiger partial charge on any atom is -0.396 e. The molecule has 1 fully saturated rings. The van der Waals surface area contributed by atoms with Crippen molar-refractivity contribution in [2.45, 2.75) is 45.2 Å². The van der Waals surface area contributed by atoms with Gasteiger partial charge in [0.2, 0.25) is 0 Å². The molecule has 1 aliphatic heterocycles. The Morgan fingerprint density at radius 3 is 3.12 bits per heavy atom. The predicted octanol–water partition coefficient (Wildman–Crippen LogP) is 2.13. The summed E-state index contributed by atoms with van der Waals surface area (Å²) in [4.78, 5) is 6.84. The molecule has 3 nitrogen and oxygen atoms in total. The highest BCUT2D eigenvalue weighted by molar-refractivity contribution is 5.18. The Balaban J connectivity index is 2.03. The van der Waals surface area contributed by atoms with E-state index < -0.39 is 0 Å². The second-order valence-electron chi connectivity index (χ2n) is 4.88. The third-order valence-corrected chi connectivity index (χ3v) is 3.70. The van der Waals surface area contributed by atoms with Crippen molar-refractivity contribution >= 4 is 0 Å². The standard InChI is InChI=1S/C14H22N2O/c1-12-13(5-4-8-15-12)11-16-9-3-2-6-14(16)7-10-17/h4-5,8,14,17H,2-3,6-7,9-11H2,1H3. The van der Waals surface area contributed by atoms with Gasteiger partial charge in [0, 0.05) is 31.1 Å². The van der Waals surface area contributed by atoms with Gasteiger partial charge < -0.3 is 5.11 Å². The van der Waals surface area contributed by atoms with E-state index in [1.165, 1.54) is 24.8 Å². The summed E-state index contributed by atoms with van der Waals surface area (Å²) in [5.74, 6) is 0. The number of likely N-dealkylation sites (tertiary alicyclic amines) is 1. The molecule has 1 N–H and O–H groups in total. The zero-order chi connectivity index (χ0) is 12.1. The molecule has 1 atom stereocenters. The Bertz CT molecular complexity index is 352. The molecule has 0 aliphatic carbocycles. The first kappa shape index (κ1) is 12.5. The van der Waals surface area contributed by atoms with Crippen molar-refractivity contribution in [3.63, 3.8) is 0 Å². The van der Waals surface area contributed by atoms with Gasteiger partial charge in [0.15, 0.2) is 0 Å². The van der Waals surface area contributed by atoms with E-state index in [0.717, 1.165) is 25.2 Å². The molecular formula is C14H22N2O. The largest absolute Gasteiger partial charge is 0.396 e. The number of rotatable bonds is 4. The molecule has 17 heavy (non-hydrogen) atoms. The van der Waals surface area contributed by atoms with E-state index in [2.05, 4.69) is 22.9 Å². The third kappa shape index (κ3) is 3.27. The lowest BCUT2D eigenvalue weighted by atomic mass is 9.98. The fourth-order valence-corrected chi connectivity index (χ4v) is 2.65. The molecule has 1 aromatic heterocycles. The molecule has 0 spiro atoms. The number of hydrogen-bond acceptors (Lipinski definition) is 3. The molecule has 0 aromatic carbocycles. The number of aliphatic hydroxyl groups is 1. The van der Waals surface area contributed by atoms with E-state index in [1.807, 2.05) is 12.3 Å². The van der Waals surface area contributed by atoms with Gasteiger partial charge in [-0.2, -0.15) is 0 Å². The van der Waals surface area contributed by atoms with Gasteiger partial charge in [-0.25, -0.2) is 0 Å². The van der Waals surface area contributed by atoms with Gasteiger partial charge >= 0.3 is 0 Å². The van der Waals surface area contributed by atoms with Crippen molar-refractivity contribution in [3.8, 4) is 0 Å². The van der Waals surface area contributed by atoms with Gasteiger partial charge in [-0.05, 0) is 44.4 Å². The lowest BCUT2D eigenvalue weighted by molar-refractivity contribution is 0.112. The van der Waals surface area contributed by atoms with Crippen molar-refractivity contribution in [2.75, 3.05) is 13.2 Å². The summed E-state index contributed by atoms with van der Waals surface area (Å²) in [6.45, 7) is 4.50. The Morgan fingerprint density at radius 1 is 1.47 bits per heavy atom. The second-order valence-corrected chi connectivity index (χ2v) is 4.88. The molecule has 1 unspecified atom stereocenters. The fraction of sp³-hybridized carbons (Fsp3) is 0.643. The summed E-state index contributed by atoms with van der Waals surface area (Å²) < 4.78 is 0. The molecule has 0 amide bonds. The van der Waals surface area contributed by atoms with Crippen LogP contribution in [0.3, 0.4) is 0 Å². The minimum absolute atomic E-state index is 0.299. The first-order valence-electron chi connectivity index (χ1n) is 6.56. The van der Waals surface area contributed by atoms with Crippen LogP contribution in [0.4, 0.5) is 0 Å². The van der Waals surface area contributed by atoms with Gasteiger partial charge in [0.05, 0.1) is 0 Å². The van der Waals surface area contributed by atoms with Crippen molar-refractivity contribution < 1.29 is 5.11 Å². The van der Waals surface area contributed by atoms with Crippen LogP contribution in [0, 0.1) is 6.92 Å². The Labute approximate surface area is 103 Å². The maximum Gasteiger partial charge on any atom is 0.0445 e. The molecule has 0 saturated carbocycles. The highest BCUT2D eigenvalue weighted by Gasteiger charge is 2.22. The van der Waals surface area contributed by atoms with Gasteiger partial charge in [0.25, 0.3) is 0 Å². The van der Waals surface area contributed by atoms with Crippen LogP contribution in [0.25, 0.3) is 0 Å². The number of piperidine rings is 1. The zero-order valence-corrected chi connectivity index (χ0v) is 10.6.